The van der Waals surface area contributed by atoms with Gasteiger partial charge in [-0.3, -0.25) is 9.36 Å². The number of thioether (sulfide) groups is 1. The molecular weight excluding hydrogens is 332 g/mol. The summed E-state index contributed by atoms with van der Waals surface area (Å²) < 4.78 is 7.46. The third kappa shape index (κ3) is 3.90. The molecule has 1 aromatic carbocycles. The Morgan fingerprint density at radius 1 is 1.48 bits per heavy atom. The van der Waals surface area contributed by atoms with Crippen molar-refractivity contribution in [1.29, 1.82) is 0 Å². The van der Waals surface area contributed by atoms with Crippen molar-refractivity contribution in [3.8, 4) is 0 Å². The van der Waals surface area contributed by atoms with Gasteiger partial charge in [-0.2, -0.15) is 0 Å². The van der Waals surface area contributed by atoms with E-state index in [9.17, 15) is 4.79 Å². The van der Waals surface area contributed by atoms with Crippen molar-refractivity contribution in [2.24, 2.45) is 5.92 Å². The van der Waals surface area contributed by atoms with E-state index < -0.39 is 0 Å². The lowest BCUT2D eigenvalue weighted by Gasteiger charge is -2.16. The molecule has 0 N–H and O–H groups in total. The van der Waals surface area contributed by atoms with Crippen LogP contribution in [0.15, 0.2) is 28.2 Å². The number of aromatic nitrogens is 2. The lowest BCUT2D eigenvalue weighted by atomic mass is 10.2. The minimum Gasteiger partial charge on any atom is -0.377 e. The topological polar surface area (TPSA) is 44.1 Å². The third-order valence-corrected chi connectivity index (χ3v) is 5.19. The van der Waals surface area contributed by atoms with Crippen molar-refractivity contribution in [3.05, 3.63) is 33.6 Å². The van der Waals surface area contributed by atoms with E-state index in [4.69, 9.17) is 21.3 Å². The number of rotatable bonds is 5. The molecule has 2 aromatic rings. The van der Waals surface area contributed by atoms with Crippen LogP contribution in [0.1, 0.15) is 26.7 Å². The number of fused-ring (bicyclic) bond motifs is 1. The van der Waals surface area contributed by atoms with Crippen LogP contribution in [0.3, 0.4) is 0 Å². The van der Waals surface area contributed by atoms with Crippen LogP contribution >= 0.6 is 23.4 Å². The van der Waals surface area contributed by atoms with Gasteiger partial charge in [-0.15, -0.1) is 0 Å². The number of hydrogen-bond donors (Lipinski definition) is 0. The summed E-state index contributed by atoms with van der Waals surface area (Å²) in [5.74, 6) is 1.21. The van der Waals surface area contributed by atoms with Crippen molar-refractivity contribution in [2.75, 3.05) is 12.4 Å². The van der Waals surface area contributed by atoms with E-state index in [0.717, 1.165) is 30.4 Å². The predicted molar refractivity (Wildman–Crippen MR) is 95.5 cm³/mol. The van der Waals surface area contributed by atoms with E-state index in [1.54, 1.807) is 28.5 Å². The highest BCUT2D eigenvalue weighted by Crippen LogP contribution is 2.24. The molecule has 0 spiro atoms. The molecule has 1 fully saturated rings. The van der Waals surface area contributed by atoms with E-state index in [2.05, 4.69) is 13.8 Å². The first-order valence-electron chi connectivity index (χ1n) is 7.99. The van der Waals surface area contributed by atoms with E-state index in [1.165, 1.54) is 0 Å². The summed E-state index contributed by atoms with van der Waals surface area (Å²) >= 11 is 7.65. The van der Waals surface area contributed by atoms with Crippen LogP contribution in [0.2, 0.25) is 5.02 Å². The van der Waals surface area contributed by atoms with Crippen molar-refractivity contribution in [2.45, 2.75) is 44.5 Å². The molecule has 0 bridgehead atoms. The first-order chi connectivity index (χ1) is 11.0. The highest BCUT2D eigenvalue weighted by atomic mass is 35.5. The molecule has 0 radical (unpaired) electrons. The second-order valence-corrected chi connectivity index (χ2v) is 7.74. The molecule has 0 saturated carbocycles. The SMILES string of the molecule is CC(C)Cn1c(SCC2CCCO2)nc2ccc(Cl)cc2c1=O. The van der Waals surface area contributed by atoms with Crippen LogP contribution in [0, 0.1) is 5.92 Å². The van der Waals surface area contributed by atoms with Crippen molar-refractivity contribution >= 4 is 34.3 Å². The number of nitrogens with zero attached hydrogens (tertiary/aromatic N) is 2. The van der Waals surface area contributed by atoms with Gasteiger partial charge in [0.15, 0.2) is 5.16 Å². The van der Waals surface area contributed by atoms with Gasteiger partial charge in [-0.05, 0) is 37.0 Å². The van der Waals surface area contributed by atoms with Gasteiger partial charge in [-0.25, -0.2) is 4.98 Å². The molecule has 4 nitrogen and oxygen atoms in total. The quantitative estimate of drug-likeness (QED) is 0.603. The molecule has 6 heteroatoms. The Morgan fingerprint density at radius 3 is 3.00 bits per heavy atom. The molecule has 3 rings (SSSR count). The Labute approximate surface area is 145 Å². The lowest BCUT2D eigenvalue weighted by molar-refractivity contribution is 0.129. The minimum absolute atomic E-state index is 0.0129. The average Bonchev–Trinajstić information content (AvgIpc) is 3.02. The van der Waals surface area contributed by atoms with Crippen LogP contribution in [0.4, 0.5) is 0 Å². The Balaban J connectivity index is 1.99. The summed E-state index contributed by atoms with van der Waals surface area (Å²) in [6.07, 6.45) is 2.48. The van der Waals surface area contributed by atoms with Gasteiger partial charge < -0.3 is 4.74 Å². The molecule has 1 atom stereocenters. The zero-order valence-corrected chi connectivity index (χ0v) is 15.0. The number of halogens is 1. The van der Waals surface area contributed by atoms with E-state index in [1.807, 2.05) is 6.07 Å². The van der Waals surface area contributed by atoms with Gasteiger partial charge in [0.25, 0.3) is 5.56 Å². The summed E-state index contributed by atoms with van der Waals surface area (Å²) in [4.78, 5) is 17.6. The van der Waals surface area contributed by atoms with E-state index in [0.29, 0.717) is 28.4 Å². The van der Waals surface area contributed by atoms with Gasteiger partial charge in [0.1, 0.15) is 0 Å². The second-order valence-electron chi connectivity index (χ2n) is 6.31. The highest BCUT2D eigenvalue weighted by molar-refractivity contribution is 7.99. The zero-order valence-electron chi connectivity index (χ0n) is 13.4. The maximum Gasteiger partial charge on any atom is 0.262 e. The van der Waals surface area contributed by atoms with Crippen molar-refractivity contribution in [1.82, 2.24) is 9.55 Å². The minimum atomic E-state index is -0.0129. The van der Waals surface area contributed by atoms with Gasteiger partial charge in [-0.1, -0.05) is 37.2 Å². The predicted octanol–water partition coefficient (Wildman–Crippen LogP) is 3.98. The van der Waals surface area contributed by atoms with E-state index in [-0.39, 0.29) is 11.7 Å². The molecule has 1 unspecified atom stereocenters. The van der Waals surface area contributed by atoms with Crippen molar-refractivity contribution in [3.63, 3.8) is 0 Å². The molecule has 1 aliphatic heterocycles. The largest absolute Gasteiger partial charge is 0.377 e. The Bertz CT molecular complexity index is 754. The first kappa shape index (κ1) is 16.8. The molecule has 1 saturated heterocycles. The fourth-order valence-corrected chi connectivity index (χ4v) is 4.00. The second kappa shape index (κ2) is 7.24. The molecule has 23 heavy (non-hydrogen) atoms. The summed E-state index contributed by atoms with van der Waals surface area (Å²) in [6, 6.07) is 5.30. The van der Waals surface area contributed by atoms with Gasteiger partial charge in [0.2, 0.25) is 0 Å². The standard InChI is InChI=1S/C17H21ClN2O2S/c1-11(2)9-20-16(21)14-8-12(18)5-6-15(14)19-17(20)23-10-13-4-3-7-22-13/h5-6,8,11,13H,3-4,7,9-10H2,1-2H3. The van der Waals surface area contributed by atoms with Crippen LogP contribution in [-0.2, 0) is 11.3 Å². The van der Waals surface area contributed by atoms with Crippen LogP contribution in [-0.4, -0.2) is 28.0 Å². The maximum absolute atomic E-state index is 12.9. The third-order valence-electron chi connectivity index (χ3n) is 3.85. The molecular formula is C17H21ClN2O2S. The smallest absolute Gasteiger partial charge is 0.262 e. The Hall–Kier alpha value is -1.04. The van der Waals surface area contributed by atoms with Crippen LogP contribution < -0.4 is 5.56 Å². The Kier molecular flexibility index (Phi) is 5.29. The fraction of sp³-hybridized carbons (Fsp3) is 0.529. The normalized spacial score (nSPS) is 18.2. The average molecular weight is 353 g/mol. The van der Waals surface area contributed by atoms with Gasteiger partial charge >= 0.3 is 0 Å². The van der Waals surface area contributed by atoms with Crippen LogP contribution in [0.25, 0.3) is 10.9 Å². The van der Waals surface area contributed by atoms with Crippen molar-refractivity contribution < 1.29 is 4.74 Å². The summed E-state index contributed by atoms with van der Waals surface area (Å²) in [5, 5.41) is 1.92. The molecule has 124 valence electrons. The molecule has 0 aliphatic carbocycles. The summed E-state index contributed by atoms with van der Waals surface area (Å²) in [6.45, 7) is 5.70. The van der Waals surface area contributed by atoms with Gasteiger partial charge in [0, 0.05) is 23.9 Å². The Morgan fingerprint density at radius 2 is 2.30 bits per heavy atom. The molecule has 2 heterocycles. The molecule has 0 amide bonds. The summed E-state index contributed by atoms with van der Waals surface area (Å²) in [5.41, 5.74) is 0.690. The number of benzene rings is 1. The van der Waals surface area contributed by atoms with Crippen LogP contribution in [0.5, 0.6) is 0 Å². The molecule has 1 aliphatic rings. The van der Waals surface area contributed by atoms with E-state index >= 15 is 0 Å². The monoisotopic (exact) mass is 352 g/mol. The number of hydrogen-bond acceptors (Lipinski definition) is 4. The first-order valence-corrected chi connectivity index (χ1v) is 9.35. The maximum atomic E-state index is 12.9. The number of ether oxygens (including phenoxy) is 1. The summed E-state index contributed by atoms with van der Waals surface area (Å²) in [7, 11) is 0. The molecule has 1 aromatic heterocycles. The van der Waals surface area contributed by atoms with Gasteiger partial charge in [0.05, 0.1) is 17.0 Å². The zero-order chi connectivity index (χ0) is 16.4. The highest BCUT2D eigenvalue weighted by Gasteiger charge is 2.18. The fourth-order valence-electron chi connectivity index (χ4n) is 2.75. The lowest BCUT2D eigenvalue weighted by Crippen LogP contribution is -2.26.